The highest BCUT2D eigenvalue weighted by atomic mass is 16.5. The fraction of sp³-hybridized carbons (Fsp3) is 0.273. The number of hydrogen-bond acceptors (Lipinski definition) is 6. The number of aromatic nitrogens is 2. The van der Waals surface area contributed by atoms with Crippen LogP contribution in [-0.2, 0) is 6.54 Å². The molecule has 142 valence electrons. The number of fused-ring (bicyclic) bond motifs is 2. The van der Waals surface area contributed by atoms with Gasteiger partial charge in [-0.3, -0.25) is 0 Å². The van der Waals surface area contributed by atoms with Crippen molar-refractivity contribution >= 4 is 17.2 Å². The van der Waals surface area contributed by atoms with E-state index < -0.39 is 0 Å². The lowest BCUT2D eigenvalue weighted by molar-refractivity contribution is 0.311. The van der Waals surface area contributed by atoms with E-state index in [4.69, 9.17) is 4.74 Å². The minimum absolute atomic E-state index is 0.751. The second kappa shape index (κ2) is 7.13. The molecular formula is C22H23N5O. The maximum Gasteiger partial charge on any atom is 0.179 e. The number of nitrogens with zero attached hydrogens (tertiary/aromatic N) is 5. The fourth-order valence-corrected chi connectivity index (χ4v) is 3.85. The molecule has 5 rings (SSSR count). The van der Waals surface area contributed by atoms with Crippen molar-refractivity contribution in [2.45, 2.75) is 6.54 Å². The van der Waals surface area contributed by atoms with E-state index in [9.17, 15) is 0 Å². The Hall–Kier alpha value is -3.12. The molecule has 0 N–H and O–H groups in total. The normalized spacial score (nSPS) is 16.3. The molecule has 0 radical (unpaired) electrons. The van der Waals surface area contributed by atoms with Gasteiger partial charge in [-0.25, -0.2) is 0 Å². The number of ether oxygens (including phenoxy) is 1. The van der Waals surface area contributed by atoms with Crippen LogP contribution in [0, 0.1) is 0 Å². The third-order valence-corrected chi connectivity index (χ3v) is 5.40. The Balaban J connectivity index is 1.60. The highest BCUT2D eigenvalue weighted by molar-refractivity contribution is 5.85. The lowest BCUT2D eigenvalue weighted by Crippen LogP contribution is -2.45. The Morgan fingerprint density at radius 1 is 0.893 bits per heavy atom. The first-order valence-corrected chi connectivity index (χ1v) is 9.67. The molecule has 6 heteroatoms. The Labute approximate surface area is 165 Å². The zero-order valence-electron chi connectivity index (χ0n) is 16.0. The number of anilines is 3. The molecule has 0 aliphatic carbocycles. The summed E-state index contributed by atoms with van der Waals surface area (Å²) in [7, 11) is 2.16. The molecule has 2 aliphatic rings. The number of rotatable bonds is 3. The molecule has 0 amide bonds. The summed E-state index contributed by atoms with van der Waals surface area (Å²) < 4.78 is 6.22. The second-order valence-electron chi connectivity index (χ2n) is 7.31. The van der Waals surface area contributed by atoms with Crippen LogP contribution in [-0.4, -0.2) is 48.3 Å². The average Bonchev–Trinajstić information content (AvgIpc) is 2.74. The third-order valence-electron chi connectivity index (χ3n) is 5.40. The van der Waals surface area contributed by atoms with Gasteiger partial charge in [0.15, 0.2) is 17.3 Å². The Morgan fingerprint density at radius 3 is 2.46 bits per heavy atom. The highest BCUT2D eigenvalue weighted by Crippen LogP contribution is 2.50. The lowest BCUT2D eigenvalue weighted by atomic mass is 10.1. The quantitative estimate of drug-likeness (QED) is 0.698. The van der Waals surface area contributed by atoms with E-state index in [0.717, 1.165) is 61.4 Å². The van der Waals surface area contributed by atoms with E-state index in [-0.39, 0.29) is 0 Å². The molecule has 3 aromatic rings. The van der Waals surface area contributed by atoms with Crippen molar-refractivity contribution in [2.75, 3.05) is 43.0 Å². The number of para-hydroxylation sites is 2. The smallest absolute Gasteiger partial charge is 0.179 e. The average molecular weight is 373 g/mol. The maximum atomic E-state index is 6.22. The molecule has 0 unspecified atom stereocenters. The molecule has 2 aromatic carbocycles. The highest BCUT2D eigenvalue weighted by Gasteiger charge is 2.31. The first-order chi connectivity index (χ1) is 13.8. The van der Waals surface area contributed by atoms with Gasteiger partial charge in [-0.15, -0.1) is 5.10 Å². The van der Waals surface area contributed by atoms with Gasteiger partial charge in [0.25, 0.3) is 0 Å². The molecule has 0 atom stereocenters. The molecule has 1 saturated heterocycles. The summed E-state index contributed by atoms with van der Waals surface area (Å²) in [6.07, 6.45) is 1.73. The molecule has 1 fully saturated rings. The summed E-state index contributed by atoms with van der Waals surface area (Å²) in [5.41, 5.74) is 3.30. The van der Waals surface area contributed by atoms with Crippen LogP contribution in [0.1, 0.15) is 5.56 Å². The van der Waals surface area contributed by atoms with E-state index >= 15 is 0 Å². The third kappa shape index (κ3) is 3.05. The molecule has 2 aliphatic heterocycles. The van der Waals surface area contributed by atoms with Gasteiger partial charge in [0.1, 0.15) is 5.69 Å². The van der Waals surface area contributed by atoms with Crippen molar-refractivity contribution in [2.24, 2.45) is 0 Å². The molecule has 0 spiro atoms. The van der Waals surface area contributed by atoms with Gasteiger partial charge in [0, 0.05) is 32.7 Å². The first kappa shape index (κ1) is 17.0. The Bertz CT molecular complexity index is 970. The van der Waals surface area contributed by atoms with Crippen molar-refractivity contribution < 1.29 is 4.74 Å². The van der Waals surface area contributed by atoms with Crippen LogP contribution in [0.15, 0.2) is 60.8 Å². The van der Waals surface area contributed by atoms with E-state index in [2.05, 4.69) is 68.3 Å². The monoisotopic (exact) mass is 373 g/mol. The first-order valence-electron chi connectivity index (χ1n) is 9.67. The molecular weight excluding hydrogens is 350 g/mol. The van der Waals surface area contributed by atoms with Crippen LogP contribution in [0.2, 0.25) is 0 Å². The van der Waals surface area contributed by atoms with Gasteiger partial charge in [-0.2, -0.15) is 5.10 Å². The lowest BCUT2D eigenvalue weighted by Gasteiger charge is -2.38. The largest absolute Gasteiger partial charge is 0.451 e. The summed E-state index contributed by atoms with van der Waals surface area (Å²) in [5.74, 6) is 2.51. The van der Waals surface area contributed by atoms with Gasteiger partial charge >= 0.3 is 0 Å². The van der Waals surface area contributed by atoms with Crippen molar-refractivity contribution in [3.8, 4) is 11.5 Å². The fourth-order valence-electron chi connectivity index (χ4n) is 3.85. The SMILES string of the molecule is CN1CCN(c2nncc3c2N(Cc2ccccc2)c2ccccc2O3)CC1. The van der Waals surface area contributed by atoms with Crippen LogP contribution in [0.3, 0.4) is 0 Å². The number of hydrogen-bond donors (Lipinski definition) is 0. The van der Waals surface area contributed by atoms with Gasteiger partial charge in [0.2, 0.25) is 0 Å². The van der Waals surface area contributed by atoms with Crippen molar-refractivity contribution in [3.05, 3.63) is 66.4 Å². The van der Waals surface area contributed by atoms with Gasteiger partial charge in [-0.05, 0) is 24.7 Å². The predicted octanol–water partition coefficient (Wildman–Crippen LogP) is 3.67. The molecule has 1 aromatic heterocycles. The second-order valence-corrected chi connectivity index (χ2v) is 7.31. The number of benzene rings is 2. The topological polar surface area (TPSA) is 44.7 Å². The summed E-state index contributed by atoms with van der Waals surface area (Å²) in [6, 6.07) is 18.7. The van der Waals surface area contributed by atoms with E-state index in [1.165, 1.54) is 5.56 Å². The van der Waals surface area contributed by atoms with Gasteiger partial charge in [0.05, 0.1) is 11.9 Å². The number of piperazine rings is 1. The standard InChI is InChI=1S/C22H23N5O/c1-25-11-13-26(14-12-25)22-21-20(15-23-24-22)28-19-10-6-5-9-18(19)27(21)16-17-7-3-2-4-8-17/h2-10,15H,11-14,16H2,1H3. The van der Waals surface area contributed by atoms with Crippen molar-refractivity contribution in [3.63, 3.8) is 0 Å². The summed E-state index contributed by atoms with van der Waals surface area (Å²) in [4.78, 5) is 6.97. The number of likely N-dealkylation sites (N-methyl/N-ethyl adjacent to an activating group) is 1. The van der Waals surface area contributed by atoms with Crippen LogP contribution >= 0.6 is 0 Å². The molecule has 0 saturated carbocycles. The maximum absolute atomic E-state index is 6.22. The van der Waals surface area contributed by atoms with E-state index in [0.29, 0.717) is 0 Å². The van der Waals surface area contributed by atoms with Gasteiger partial charge in [-0.1, -0.05) is 42.5 Å². The molecule has 6 nitrogen and oxygen atoms in total. The van der Waals surface area contributed by atoms with E-state index in [1.807, 2.05) is 18.2 Å². The Kier molecular flexibility index (Phi) is 4.33. The van der Waals surface area contributed by atoms with Gasteiger partial charge < -0.3 is 19.4 Å². The molecule has 0 bridgehead atoms. The zero-order chi connectivity index (χ0) is 18.9. The molecule has 3 heterocycles. The van der Waals surface area contributed by atoms with E-state index in [1.54, 1.807) is 6.20 Å². The summed E-state index contributed by atoms with van der Waals surface area (Å²) in [6.45, 7) is 4.65. The summed E-state index contributed by atoms with van der Waals surface area (Å²) in [5, 5.41) is 8.79. The van der Waals surface area contributed by atoms with Crippen LogP contribution in [0.4, 0.5) is 17.2 Å². The minimum Gasteiger partial charge on any atom is -0.451 e. The molecule has 28 heavy (non-hydrogen) atoms. The van der Waals surface area contributed by atoms with Crippen LogP contribution < -0.4 is 14.5 Å². The Morgan fingerprint density at radius 2 is 1.64 bits per heavy atom. The van der Waals surface area contributed by atoms with Crippen LogP contribution in [0.25, 0.3) is 0 Å². The predicted molar refractivity (Wildman–Crippen MR) is 111 cm³/mol. The van der Waals surface area contributed by atoms with Crippen molar-refractivity contribution in [1.29, 1.82) is 0 Å². The zero-order valence-corrected chi connectivity index (χ0v) is 16.0. The summed E-state index contributed by atoms with van der Waals surface area (Å²) >= 11 is 0. The minimum atomic E-state index is 0.751. The van der Waals surface area contributed by atoms with Crippen molar-refractivity contribution in [1.82, 2.24) is 15.1 Å². The van der Waals surface area contributed by atoms with Crippen LogP contribution in [0.5, 0.6) is 11.5 Å².